The third kappa shape index (κ3) is 10.8. The van der Waals surface area contributed by atoms with E-state index in [1.807, 2.05) is 0 Å². The van der Waals surface area contributed by atoms with Gasteiger partial charge in [-0.3, -0.25) is 4.79 Å². The maximum absolute atomic E-state index is 11.6. The molecule has 1 fully saturated rings. The van der Waals surface area contributed by atoms with Gasteiger partial charge in [-0.15, -0.1) is 0 Å². The van der Waals surface area contributed by atoms with Gasteiger partial charge in [-0.1, -0.05) is 84.0 Å². The lowest BCUT2D eigenvalue weighted by atomic mass is 10.0. The first-order chi connectivity index (χ1) is 10.3. The van der Waals surface area contributed by atoms with Crippen molar-refractivity contribution in [2.75, 3.05) is 6.61 Å². The molecule has 0 spiro atoms. The number of rotatable bonds is 13. The average molecular weight is 296 g/mol. The van der Waals surface area contributed by atoms with Gasteiger partial charge in [-0.2, -0.15) is 0 Å². The molecule has 0 N–H and O–H groups in total. The van der Waals surface area contributed by atoms with Crippen LogP contribution in [0.2, 0.25) is 0 Å². The summed E-state index contributed by atoms with van der Waals surface area (Å²) in [4.78, 5) is 11.6. The highest BCUT2D eigenvalue weighted by Crippen LogP contribution is 2.28. The summed E-state index contributed by atoms with van der Waals surface area (Å²) in [7, 11) is 0. The lowest BCUT2D eigenvalue weighted by molar-refractivity contribution is -0.144. The van der Waals surface area contributed by atoms with Crippen molar-refractivity contribution in [1.29, 1.82) is 0 Å². The molecule has 124 valence electrons. The molecule has 0 aromatic heterocycles. The smallest absolute Gasteiger partial charge is 0.305 e. The maximum Gasteiger partial charge on any atom is 0.305 e. The Kier molecular flexibility index (Phi) is 11.6. The Hall–Kier alpha value is -0.530. The second kappa shape index (κ2) is 13.2. The van der Waals surface area contributed by atoms with Crippen LogP contribution in [0, 0.1) is 5.92 Å². The summed E-state index contributed by atoms with van der Waals surface area (Å²) in [6.45, 7) is 2.90. The summed E-state index contributed by atoms with van der Waals surface area (Å²) >= 11 is 0. The topological polar surface area (TPSA) is 26.3 Å². The first-order valence-corrected chi connectivity index (χ1v) is 9.48. The van der Waals surface area contributed by atoms with Crippen molar-refractivity contribution < 1.29 is 9.53 Å². The summed E-state index contributed by atoms with van der Waals surface area (Å²) < 4.78 is 5.32. The highest BCUT2D eigenvalue weighted by molar-refractivity contribution is 5.69. The van der Waals surface area contributed by atoms with Crippen LogP contribution in [0.25, 0.3) is 0 Å². The molecule has 0 heterocycles. The van der Waals surface area contributed by atoms with Crippen LogP contribution < -0.4 is 0 Å². The third-order valence-corrected chi connectivity index (χ3v) is 4.74. The minimum absolute atomic E-state index is 0.0291. The summed E-state index contributed by atoms with van der Waals surface area (Å²) in [6.07, 6.45) is 18.8. The Labute approximate surface area is 132 Å². The highest BCUT2D eigenvalue weighted by Gasteiger charge is 2.16. The molecule has 1 saturated carbocycles. The lowest BCUT2D eigenvalue weighted by Crippen LogP contribution is -2.07. The van der Waals surface area contributed by atoms with Crippen molar-refractivity contribution in [3.63, 3.8) is 0 Å². The second-order valence-corrected chi connectivity index (χ2v) is 6.74. The quantitative estimate of drug-likeness (QED) is 0.306. The molecule has 0 atom stereocenters. The number of esters is 1. The van der Waals surface area contributed by atoms with Gasteiger partial charge in [0.1, 0.15) is 0 Å². The van der Waals surface area contributed by atoms with Gasteiger partial charge in [0.25, 0.3) is 0 Å². The van der Waals surface area contributed by atoms with Gasteiger partial charge < -0.3 is 4.74 Å². The number of ether oxygens (including phenoxy) is 1. The third-order valence-electron chi connectivity index (χ3n) is 4.74. The molecule has 0 amide bonds. The molecule has 0 aromatic rings. The predicted molar refractivity (Wildman–Crippen MR) is 89.4 cm³/mol. The fourth-order valence-electron chi connectivity index (χ4n) is 3.29. The Balaban J connectivity index is 1.77. The zero-order chi connectivity index (χ0) is 15.2. The molecule has 2 nitrogen and oxygen atoms in total. The predicted octanol–water partition coefficient (Wildman–Crippen LogP) is 6.03. The molecule has 2 heteroatoms. The van der Waals surface area contributed by atoms with Gasteiger partial charge in [0, 0.05) is 6.42 Å². The Morgan fingerprint density at radius 2 is 1.48 bits per heavy atom. The van der Waals surface area contributed by atoms with Crippen molar-refractivity contribution in [2.45, 2.75) is 103 Å². The molecule has 0 aromatic carbocycles. The van der Waals surface area contributed by atoms with E-state index in [2.05, 4.69) is 6.92 Å². The van der Waals surface area contributed by atoms with Gasteiger partial charge in [-0.05, 0) is 18.8 Å². The molecule has 0 aliphatic heterocycles. The zero-order valence-corrected chi connectivity index (χ0v) is 14.2. The number of hydrogen-bond acceptors (Lipinski definition) is 2. The Morgan fingerprint density at radius 3 is 2.10 bits per heavy atom. The number of hydrogen-bond donors (Lipinski definition) is 0. The van der Waals surface area contributed by atoms with E-state index in [9.17, 15) is 4.79 Å². The summed E-state index contributed by atoms with van der Waals surface area (Å²) in [6, 6.07) is 0. The van der Waals surface area contributed by atoms with Crippen molar-refractivity contribution in [1.82, 2.24) is 0 Å². The average Bonchev–Trinajstić information content (AvgIpc) is 3.00. The molecule has 1 aliphatic carbocycles. The van der Waals surface area contributed by atoms with Crippen molar-refractivity contribution >= 4 is 5.97 Å². The highest BCUT2D eigenvalue weighted by atomic mass is 16.5. The van der Waals surface area contributed by atoms with E-state index in [0.29, 0.717) is 13.0 Å². The Morgan fingerprint density at radius 1 is 0.905 bits per heavy atom. The lowest BCUT2D eigenvalue weighted by Gasteiger charge is -2.08. The van der Waals surface area contributed by atoms with Crippen molar-refractivity contribution in [2.24, 2.45) is 5.92 Å². The minimum atomic E-state index is 0.0291. The number of carbonyl (C=O) groups excluding carboxylic acids is 1. The summed E-state index contributed by atoms with van der Waals surface area (Å²) in [5.41, 5.74) is 0. The van der Waals surface area contributed by atoms with Crippen LogP contribution in [0.4, 0.5) is 0 Å². The van der Waals surface area contributed by atoms with E-state index in [4.69, 9.17) is 4.74 Å². The van der Waals surface area contributed by atoms with E-state index in [-0.39, 0.29) is 5.97 Å². The maximum atomic E-state index is 11.6. The Bertz CT molecular complexity index is 244. The van der Waals surface area contributed by atoms with E-state index < -0.39 is 0 Å². The molecule has 0 saturated heterocycles. The normalized spacial score (nSPS) is 15.5. The fourth-order valence-corrected chi connectivity index (χ4v) is 3.29. The van der Waals surface area contributed by atoms with Crippen LogP contribution in [0.5, 0.6) is 0 Å². The number of carbonyl (C=O) groups is 1. The van der Waals surface area contributed by atoms with Crippen LogP contribution in [0.1, 0.15) is 103 Å². The van der Waals surface area contributed by atoms with E-state index in [1.54, 1.807) is 0 Å². The van der Waals surface area contributed by atoms with Crippen LogP contribution in [0.15, 0.2) is 0 Å². The largest absolute Gasteiger partial charge is 0.466 e. The van der Waals surface area contributed by atoms with Crippen molar-refractivity contribution in [3.05, 3.63) is 0 Å². The van der Waals surface area contributed by atoms with Crippen LogP contribution in [0.3, 0.4) is 0 Å². The molecular formula is C19H36O2. The van der Waals surface area contributed by atoms with Gasteiger partial charge in [0.2, 0.25) is 0 Å². The van der Waals surface area contributed by atoms with Gasteiger partial charge >= 0.3 is 5.97 Å². The molecule has 1 aliphatic rings. The van der Waals surface area contributed by atoms with E-state index >= 15 is 0 Å². The standard InChI is InChI=1S/C19H36O2/c1-2-3-4-5-6-7-8-9-12-17-21-19(20)16-15-18-13-10-11-14-18/h18H,2-17H2,1H3. The number of unbranched alkanes of at least 4 members (excludes halogenated alkanes) is 8. The molecule has 0 bridgehead atoms. The van der Waals surface area contributed by atoms with Crippen LogP contribution in [-0.4, -0.2) is 12.6 Å². The van der Waals surface area contributed by atoms with Gasteiger partial charge in [0.15, 0.2) is 0 Å². The molecule has 0 unspecified atom stereocenters. The summed E-state index contributed by atoms with van der Waals surface area (Å²) in [5, 5.41) is 0. The molecule has 21 heavy (non-hydrogen) atoms. The minimum Gasteiger partial charge on any atom is -0.466 e. The fraction of sp³-hybridized carbons (Fsp3) is 0.947. The first kappa shape index (κ1) is 18.5. The SMILES string of the molecule is CCCCCCCCCCCOC(=O)CCC1CCCC1. The summed E-state index contributed by atoms with van der Waals surface area (Å²) in [5.74, 6) is 0.826. The monoisotopic (exact) mass is 296 g/mol. The molecular weight excluding hydrogens is 260 g/mol. The van der Waals surface area contributed by atoms with Crippen LogP contribution in [-0.2, 0) is 9.53 Å². The molecule has 1 rings (SSSR count). The molecule has 0 radical (unpaired) electrons. The van der Waals surface area contributed by atoms with E-state index in [0.717, 1.165) is 18.8 Å². The van der Waals surface area contributed by atoms with Crippen LogP contribution >= 0.6 is 0 Å². The first-order valence-electron chi connectivity index (χ1n) is 9.48. The van der Waals surface area contributed by atoms with E-state index in [1.165, 1.54) is 77.0 Å². The van der Waals surface area contributed by atoms with Crippen molar-refractivity contribution in [3.8, 4) is 0 Å². The zero-order valence-electron chi connectivity index (χ0n) is 14.2. The van der Waals surface area contributed by atoms with Gasteiger partial charge in [-0.25, -0.2) is 0 Å². The van der Waals surface area contributed by atoms with Gasteiger partial charge in [0.05, 0.1) is 6.61 Å². The second-order valence-electron chi connectivity index (χ2n) is 6.74.